The SMILES string of the molecule is [2H]C([2H])([2H])C(Cl)(CC)C([2H])([2H])[2H]. The van der Waals surface area contributed by atoms with Gasteiger partial charge in [0.25, 0.3) is 0 Å². The lowest BCUT2D eigenvalue weighted by Gasteiger charge is -2.09. The monoisotopic (exact) mass is 112 g/mol. The summed E-state index contributed by atoms with van der Waals surface area (Å²) in [5, 5.41) is 0. The van der Waals surface area contributed by atoms with Crippen LogP contribution in [0.1, 0.15) is 35.3 Å². The molecular formula is C5H11Cl. The van der Waals surface area contributed by atoms with Crippen LogP contribution in [0.2, 0.25) is 0 Å². The third-order valence-corrected chi connectivity index (χ3v) is 0.754. The highest BCUT2D eigenvalue weighted by Crippen LogP contribution is 2.15. The fourth-order valence-corrected chi connectivity index (χ4v) is 0. The Morgan fingerprint density at radius 1 is 1.83 bits per heavy atom. The summed E-state index contributed by atoms with van der Waals surface area (Å²) >= 11 is 5.55. The Balaban J connectivity index is 4.95. The first-order valence-electron chi connectivity index (χ1n) is 4.75. The molecule has 0 unspecified atom stereocenters. The van der Waals surface area contributed by atoms with Gasteiger partial charge >= 0.3 is 0 Å². The van der Waals surface area contributed by atoms with E-state index in [1.807, 2.05) is 0 Å². The Bertz CT molecular complexity index is 142. The molecule has 38 valence electrons. The van der Waals surface area contributed by atoms with Crippen LogP contribution in [0.3, 0.4) is 0 Å². The average molecular weight is 113 g/mol. The fraction of sp³-hybridized carbons (Fsp3) is 1.00. The van der Waals surface area contributed by atoms with E-state index in [2.05, 4.69) is 0 Å². The zero-order valence-electron chi connectivity index (χ0n) is 9.59. The van der Waals surface area contributed by atoms with Crippen LogP contribution in [0, 0.1) is 0 Å². The standard InChI is InChI=1S/C5H11Cl/c1-4-5(2,3)6/h4H2,1-3H3/i2D3,3D3. The lowest BCUT2D eigenvalue weighted by atomic mass is 10.1. The van der Waals surface area contributed by atoms with Gasteiger partial charge in [0.2, 0.25) is 0 Å². The molecule has 0 radical (unpaired) electrons. The first-order chi connectivity index (χ1) is 5.06. The van der Waals surface area contributed by atoms with Crippen LogP contribution in [0.15, 0.2) is 0 Å². The van der Waals surface area contributed by atoms with Crippen molar-refractivity contribution in [2.75, 3.05) is 0 Å². The largest absolute Gasteiger partial charge is 0.120 e. The molecule has 0 rings (SSSR count). The maximum absolute atomic E-state index is 6.98. The van der Waals surface area contributed by atoms with Gasteiger partial charge in [0.05, 0.1) is 0 Å². The molecule has 0 spiro atoms. The summed E-state index contributed by atoms with van der Waals surface area (Å²) in [7, 11) is 0. The highest BCUT2D eigenvalue weighted by molar-refractivity contribution is 6.23. The summed E-state index contributed by atoms with van der Waals surface area (Å²) in [6.45, 7) is -3.87. The van der Waals surface area contributed by atoms with Gasteiger partial charge in [0, 0.05) is 13.1 Å². The quantitative estimate of drug-likeness (QED) is 0.457. The average Bonchev–Trinajstić information content (AvgIpc) is 1.81. The molecule has 0 saturated heterocycles. The predicted octanol–water partition coefficient (Wildman–Crippen LogP) is 2.41. The molecule has 0 bridgehead atoms. The Hall–Kier alpha value is 0.290. The Morgan fingerprint density at radius 3 is 2.33 bits per heavy atom. The number of hydrogen-bond donors (Lipinski definition) is 0. The van der Waals surface area contributed by atoms with Gasteiger partial charge in [-0.05, 0) is 20.1 Å². The first-order valence-corrected chi connectivity index (χ1v) is 2.13. The van der Waals surface area contributed by atoms with E-state index in [9.17, 15) is 0 Å². The van der Waals surface area contributed by atoms with Crippen molar-refractivity contribution in [2.24, 2.45) is 0 Å². The third-order valence-electron chi connectivity index (χ3n) is 0.487. The molecule has 1 heteroatoms. The highest BCUT2D eigenvalue weighted by atomic mass is 35.5. The van der Waals surface area contributed by atoms with Crippen LogP contribution in [-0.2, 0) is 0 Å². The van der Waals surface area contributed by atoms with Gasteiger partial charge in [-0.25, -0.2) is 0 Å². The smallest absolute Gasteiger partial charge is 0.0388 e. The molecule has 0 aromatic rings. The minimum atomic E-state index is -2.66. The molecular weight excluding hydrogens is 95.5 g/mol. The minimum absolute atomic E-state index is 0.110. The van der Waals surface area contributed by atoms with Crippen LogP contribution in [0.25, 0.3) is 0 Å². The second-order valence-electron chi connectivity index (χ2n) is 1.15. The van der Waals surface area contributed by atoms with Crippen molar-refractivity contribution >= 4 is 11.6 Å². The molecule has 0 nitrogen and oxygen atoms in total. The Labute approximate surface area is 52.9 Å². The molecule has 6 heavy (non-hydrogen) atoms. The molecule has 0 aromatic carbocycles. The van der Waals surface area contributed by atoms with E-state index in [0.29, 0.717) is 0 Å². The molecule has 0 aliphatic carbocycles. The van der Waals surface area contributed by atoms with Crippen LogP contribution in [0.4, 0.5) is 0 Å². The third kappa shape index (κ3) is 4.29. The van der Waals surface area contributed by atoms with Crippen molar-refractivity contribution in [3.05, 3.63) is 0 Å². The second-order valence-corrected chi connectivity index (χ2v) is 1.80. The van der Waals surface area contributed by atoms with E-state index in [1.165, 1.54) is 6.92 Å². The van der Waals surface area contributed by atoms with Crippen LogP contribution < -0.4 is 0 Å². The molecule has 0 aliphatic heterocycles. The summed E-state index contributed by atoms with van der Waals surface area (Å²) < 4.78 is 41.9. The van der Waals surface area contributed by atoms with E-state index < -0.39 is 18.6 Å². The van der Waals surface area contributed by atoms with Gasteiger partial charge in [0.1, 0.15) is 0 Å². The molecule has 0 aromatic heterocycles. The van der Waals surface area contributed by atoms with Crippen LogP contribution in [-0.4, -0.2) is 4.87 Å². The highest BCUT2D eigenvalue weighted by Gasteiger charge is 2.06. The molecule has 0 N–H and O–H groups in total. The lowest BCUT2D eigenvalue weighted by Crippen LogP contribution is -2.05. The van der Waals surface area contributed by atoms with E-state index >= 15 is 0 Å². The molecule has 0 heterocycles. The minimum Gasteiger partial charge on any atom is -0.120 e. The fourth-order valence-electron chi connectivity index (χ4n) is 0. The van der Waals surface area contributed by atoms with Gasteiger partial charge in [-0.2, -0.15) is 0 Å². The second kappa shape index (κ2) is 1.83. The van der Waals surface area contributed by atoms with Crippen LogP contribution >= 0.6 is 11.6 Å². The Morgan fingerprint density at radius 2 is 2.33 bits per heavy atom. The van der Waals surface area contributed by atoms with Crippen molar-refractivity contribution in [1.29, 1.82) is 0 Å². The predicted molar refractivity (Wildman–Crippen MR) is 30.2 cm³/mol. The van der Waals surface area contributed by atoms with Gasteiger partial charge in [-0.3, -0.25) is 0 Å². The van der Waals surface area contributed by atoms with Gasteiger partial charge in [0.15, 0.2) is 0 Å². The topological polar surface area (TPSA) is 0 Å². The normalized spacial score (nSPS) is 31.0. The number of alkyl halides is 1. The van der Waals surface area contributed by atoms with Gasteiger partial charge in [-0.1, -0.05) is 6.92 Å². The zero-order valence-corrected chi connectivity index (χ0v) is 4.34. The van der Waals surface area contributed by atoms with E-state index in [1.54, 1.807) is 0 Å². The van der Waals surface area contributed by atoms with Crippen molar-refractivity contribution in [3.63, 3.8) is 0 Å². The first kappa shape index (κ1) is 1.38. The summed E-state index contributed by atoms with van der Waals surface area (Å²) in [6.07, 6.45) is -0.110. The Kier molecular flexibility index (Phi) is 0.422. The maximum Gasteiger partial charge on any atom is 0.0388 e. The van der Waals surface area contributed by atoms with Gasteiger partial charge in [-0.15, -0.1) is 11.6 Å². The lowest BCUT2D eigenvalue weighted by molar-refractivity contribution is 0.671. The van der Waals surface area contributed by atoms with E-state index in [0.717, 1.165) is 0 Å². The zero-order chi connectivity index (χ0) is 10.2. The summed E-state index contributed by atoms with van der Waals surface area (Å²) in [4.78, 5) is -2.11. The van der Waals surface area contributed by atoms with Crippen LogP contribution in [0.5, 0.6) is 0 Å². The van der Waals surface area contributed by atoms with Crippen molar-refractivity contribution < 1.29 is 8.22 Å². The molecule has 0 amide bonds. The number of hydrogen-bond acceptors (Lipinski definition) is 0. The summed E-state index contributed by atoms with van der Waals surface area (Å²) in [5.74, 6) is 0. The van der Waals surface area contributed by atoms with E-state index in [4.69, 9.17) is 19.8 Å². The molecule has 0 fully saturated rings. The van der Waals surface area contributed by atoms with Crippen molar-refractivity contribution in [1.82, 2.24) is 0 Å². The van der Waals surface area contributed by atoms with E-state index in [-0.39, 0.29) is 6.42 Å². The maximum atomic E-state index is 6.98. The summed E-state index contributed by atoms with van der Waals surface area (Å²) in [6, 6.07) is 0. The molecule has 0 saturated carbocycles. The van der Waals surface area contributed by atoms with Crippen molar-refractivity contribution in [2.45, 2.75) is 31.9 Å². The number of rotatable bonds is 1. The number of halogens is 1. The molecule has 0 atom stereocenters. The molecule has 0 aliphatic rings. The van der Waals surface area contributed by atoms with Crippen molar-refractivity contribution in [3.8, 4) is 0 Å². The van der Waals surface area contributed by atoms with Gasteiger partial charge < -0.3 is 0 Å². The summed E-state index contributed by atoms with van der Waals surface area (Å²) in [5.41, 5.74) is 0.